The molecule has 1 heterocycles. The molecule has 1 atom stereocenters. The summed E-state index contributed by atoms with van der Waals surface area (Å²) in [5, 5.41) is 0. The predicted octanol–water partition coefficient (Wildman–Crippen LogP) is 1.97. The van der Waals surface area contributed by atoms with Crippen LogP contribution >= 0.6 is 0 Å². The van der Waals surface area contributed by atoms with E-state index in [2.05, 4.69) is 23.4 Å². The first-order valence-electron chi connectivity index (χ1n) is 5.94. The maximum Gasteiger partial charge on any atom is 0.0949 e. The molecule has 0 aromatic carbocycles. The van der Waals surface area contributed by atoms with Crippen LogP contribution in [0, 0.1) is 5.92 Å². The van der Waals surface area contributed by atoms with Gasteiger partial charge in [0, 0.05) is 25.4 Å². The highest BCUT2D eigenvalue weighted by molar-refractivity contribution is 5.02. The monoisotopic (exact) mass is 225 g/mol. The fraction of sp³-hybridized carbons (Fsp3) is 0.750. The molecule has 92 valence electrons. The molecule has 1 aromatic rings. The third-order valence-electron chi connectivity index (χ3n) is 2.53. The molecule has 1 aromatic heterocycles. The Hall–Kier alpha value is -0.870. The number of imidazole rings is 1. The Kier molecular flexibility index (Phi) is 5.49. The van der Waals surface area contributed by atoms with Gasteiger partial charge in [0.15, 0.2) is 0 Å². The zero-order chi connectivity index (χ0) is 12.0. The number of ether oxygens (including phenoxy) is 1. The van der Waals surface area contributed by atoms with Crippen molar-refractivity contribution < 1.29 is 4.74 Å². The van der Waals surface area contributed by atoms with Crippen molar-refractivity contribution in [3.8, 4) is 0 Å². The lowest BCUT2D eigenvalue weighted by molar-refractivity contribution is 0.115. The van der Waals surface area contributed by atoms with Crippen molar-refractivity contribution in [3.63, 3.8) is 0 Å². The van der Waals surface area contributed by atoms with Crippen LogP contribution in [0.4, 0.5) is 0 Å². The lowest BCUT2D eigenvalue weighted by Crippen LogP contribution is -2.14. The molecule has 4 heteroatoms. The highest BCUT2D eigenvalue weighted by Gasteiger charge is 2.05. The van der Waals surface area contributed by atoms with E-state index in [-0.39, 0.29) is 6.04 Å². The van der Waals surface area contributed by atoms with Crippen LogP contribution in [-0.2, 0) is 11.3 Å². The Morgan fingerprint density at radius 2 is 2.12 bits per heavy atom. The van der Waals surface area contributed by atoms with E-state index in [0.29, 0.717) is 5.92 Å². The zero-order valence-corrected chi connectivity index (χ0v) is 10.5. The molecule has 0 radical (unpaired) electrons. The van der Waals surface area contributed by atoms with Gasteiger partial charge < -0.3 is 15.0 Å². The van der Waals surface area contributed by atoms with Crippen molar-refractivity contribution in [1.82, 2.24) is 9.55 Å². The van der Waals surface area contributed by atoms with Crippen LogP contribution in [0.3, 0.4) is 0 Å². The lowest BCUT2D eigenvalue weighted by atomic mass is 10.1. The van der Waals surface area contributed by atoms with Crippen LogP contribution < -0.4 is 5.73 Å². The highest BCUT2D eigenvalue weighted by Crippen LogP contribution is 2.08. The number of aromatic nitrogens is 2. The SMILES string of the molecule is CC(C)CCOCCn1cncc1C(C)N. The zero-order valence-electron chi connectivity index (χ0n) is 10.5. The summed E-state index contributed by atoms with van der Waals surface area (Å²) in [6.07, 6.45) is 4.74. The third kappa shape index (κ3) is 4.33. The molecule has 16 heavy (non-hydrogen) atoms. The van der Waals surface area contributed by atoms with Gasteiger partial charge in [-0.05, 0) is 19.3 Å². The van der Waals surface area contributed by atoms with Crippen LogP contribution in [-0.4, -0.2) is 22.8 Å². The third-order valence-corrected chi connectivity index (χ3v) is 2.53. The van der Waals surface area contributed by atoms with E-state index in [1.54, 1.807) is 0 Å². The number of hydrogen-bond acceptors (Lipinski definition) is 3. The van der Waals surface area contributed by atoms with Gasteiger partial charge in [-0.25, -0.2) is 4.98 Å². The van der Waals surface area contributed by atoms with Crippen molar-refractivity contribution in [2.24, 2.45) is 11.7 Å². The Balaban J connectivity index is 2.24. The maximum atomic E-state index is 5.83. The minimum atomic E-state index is 0.0261. The fourth-order valence-corrected chi connectivity index (χ4v) is 1.48. The smallest absolute Gasteiger partial charge is 0.0949 e. The summed E-state index contributed by atoms with van der Waals surface area (Å²) in [6.45, 7) is 8.76. The molecule has 1 rings (SSSR count). The van der Waals surface area contributed by atoms with Gasteiger partial charge in [-0.15, -0.1) is 0 Å². The van der Waals surface area contributed by atoms with E-state index >= 15 is 0 Å². The summed E-state index contributed by atoms with van der Waals surface area (Å²) in [5.74, 6) is 0.702. The Morgan fingerprint density at radius 1 is 1.38 bits per heavy atom. The summed E-state index contributed by atoms with van der Waals surface area (Å²) in [7, 11) is 0. The molecule has 0 aliphatic carbocycles. The molecule has 4 nitrogen and oxygen atoms in total. The number of nitrogens with zero attached hydrogens (tertiary/aromatic N) is 2. The van der Waals surface area contributed by atoms with Crippen LogP contribution in [0.25, 0.3) is 0 Å². The average Bonchev–Trinajstić information content (AvgIpc) is 2.65. The summed E-state index contributed by atoms with van der Waals surface area (Å²) >= 11 is 0. The van der Waals surface area contributed by atoms with Crippen molar-refractivity contribution >= 4 is 0 Å². The van der Waals surface area contributed by atoms with Crippen molar-refractivity contribution in [2.45, 2.75) is 39.8 Å². The van der Waals surface area contributed by atoms with E-state index < -0.39 is 0 Å². The molecule has 0 saturated carbocycles. The minimum absolute atomic E-state index is 0.0261. The molecule has 0 aliphatic rings. The minimum Gasteiger partial charge on any atom is -0.380 e. The Morgan fingerprint density at radius 3 is 2.75 bits per heavy atom. The predicted molar refractivity (Wildman–Crippen MR) is 65.1 cm³/mol. The van der Waals surface area contributed by atoms with Gasteiger partial charge >= 0.3 is 0 Å². The van der Waals surface area contributed by atoms with Gasteiger partial charge in [-0.1, -0.05) is 13.8 Å². The summed E-state index contributed by atoms with van der Waals surface area (Å²) in [4.78, 5) is 4.10. The molecule has 0 fully saturated rings. The number of nitrogens with two attached hydrogens (primary N) is 1. The molecule has 0 amide bonds. The Labute approximate surface area is 97.8 Å². The van der Waals surface area contributed by atoms with Crippen LogP contribution in [0.1, 0.15) is 38.9 Å². The largest absolute Gasteiger partial charge is 0.380 e. The van der Waals surface area contributed by atoms with E-state index in [1.165, 1.54) is 0 Å². The summed E-state index contributed by atoms with van der Waals surface area (Å²) < 4.78 is 7.62. The molecule has 2 N–H and O–H groups in total. The first kappa shape index (κ1) is 13.2. The van der Waals surface area contributed by atoms with Gasteiger partial charge in [0.05, 0.1) is 18.6 Å². The molecular formula is C12H23N3O. The van der Waals surface area contributed by atoms with E-state index in [4.69, 9.17) is 10.5 Å². The van der Waals surface area contributed by atoms with Crippen LogP contribution in [0.2, 0.25) is 0 Å². The second-order valence-electron chi connectivity index (χ2n) is 4.60. The Bertz CT molecular complexity index is 294. The highest BCUT2D eigenvalue weighted by atomic mass is 16.5. The van der Waals surface area contributed by atoms with Gasteiger partial charge in [-0.3, -0.25) is 0 Å². The maximum absolute atomic E-state index is 5.83. The van der Waals surface area contributed by atoms with Gasteiger partial charge in [0.1, 0.15) is 0 Å². The van der Waals surface area contributed by atoms with E-state index in [0.717, 1.165) is 31.9 Å². The lowest BCUT2D eigenvalue weighted by Gasteiger charge is -2.11. The number of hydrogen-bond donors (Lipinski definition) is 1. The molecule has 0 saturated heterocycles. The van der Waals surface area contributed by atoms with Crippen LogP contribution in [0.5, 0.6) is 0 Å². The van der Waals surface area contributed by atoms with Gasteiger partial charge in [0.25, 0.3) is 0 Å². The second kappa shape index (κ2) is 6.66. The normalized spacial score (nSPS) is 13.3. The van der Waals surface area contributed by atoms with Crippen molar-refractivity contribution in [1.29, 1.82) is 0 Å². The molecule has 0 bridgehead atoms. The van der Waals surface area contributed by atoms with Crippen LogP contribution in [0.15, 0.2) is 12.5 Å². The average molecular weight is 225 g/mol. The molecular weight excluding hydrogens is 202 g/mol. The fourth-order valence-electron chi connectivity index (χ4n) is 1.48. The standard InChI is InChI=1S/C12H23N3O/c1-10(2)4-6-16-7-5-15-9-14-8-12(15)11(3)13/h8-11H,4-7,13H2,1-3H3. The van der Waals surface area contributed by atoms with Gasteiger partial charge in [-0.2, -0.15) is 0 Å². The van der Waals surface area contributed by atoms with Crippen molar-refractivity contribution in [3.05, 3.63) is 18.2 Å². The topological polar surface area (TPSA) is 53.1 Å². The van der Waals surface area contributed by atoms with E-state index in [9.17, 15) is 0 Å². The molecule has 1 unspecified atom stereocenters. The van der Waals surface area contributed by atoms with Gasteiger partial charge in [0.2, 0.25) is 0 Å². The quantitative estimate of drug-likeness (QED) is 0.722. The summed E-state index contributed by atoms with van der Waals surface area (Å²) in [6, 6.07) is 0.0261. The van der Waals surface area contributed by atoms with Crippen molar-refractivity contribution in [2.75, 3.05) is 13.2 Å². The summed E-state index contributed by atoms with van der Waals surface area (Å²) in [5.41, 5.74) is 6.89. The molecule has 0 spiro atoms. The molecule has 0 aliphatic heterocycles. The second-order valence-corrected chi connectivity index (χ2v) is 4.60. The number of rotatable bonds is 7. The first-order valence-corrected chi connectivity index (χ1v) is 5.94. The van der Waals surface area contributed by atoms with E-state index in [1.807, 2.05) is 19.4 Å². The first-order chi connectivity index (χ1) is 7.61.